The van der Waals surface area contributed by atoms with Gasteiger partial charge in [0, 0.05) is 21.7 Å². The fourth-order valence-corrected chi connectivity index (χ4v) is 5.04. The predicted molar refractivity (Wildman–Crippen MR) is 166 cm³/mol. The van der Waals surface area contributed by atoms with Crippen molar-refractivity contribution in [2.45, 2.75) is 20.8 Å². The first-order chi connectivity index (χ1) is 19.4. The second-order valence-corrected chi connectivity index (χ2v) is 10.7. The van der Waals surface area contributed by atoms with Crippen molar-refractivity contribution in [3.8, 4) is 56.4 Å². The van der Waals surface area contributed by atoms with Gasteiger partial charge in [-0.05, 0) is 78.9 Å². The molecule has 1 aromatic heterocycles. The summed E-state index contributed by atoms with van der Waals surface area (Å²) in [6, 6.07) is 39.5. The van der Waals surface area contributed by atoms with E-state index in [4.69, 9.17) is 26.6 Å². The number of aryl methyl sites for hydroxylation is 3. The van der Waals surface area contributed by atoms with Gasteiger partial charge in [0.05, 0.1) is 0 Å². The molecule has 0 atom stereocenters. The first kappa shape index (κ1) is 25.7. The van der Waals surface area contributed by atoms with Gasteiger partial charge < -0.3 is 0 Å². The molecule has 0 spiro atoms. The molecular weight excluding hydrogens is 510 g/mol. The van der Waals surface area contributed by atoms with Gasteiger partial charge in [0.15, 0.2) is 17.5 Å². The number of hydrogen-bond donors (Lipinski definition) is 0. The molecule has 0 amide bonds. The van der Waals surface area contributed by atoms with Crippen molar-refractivity contribution in [2.24, 2.45) is 0 Å². The van der Waals surface area contributed by atoms with Gasteiger partial charge in [0.2, 0.25) is 0 Å². The lowest BCUT2D eigenvalue weighted by Crippen LogP contribution is -2.01. The van der Waals surface area contributed by atoms with Crippen LogP contribution in [0.15, 0.2) is 115 Å². The zero-order valence-corrected chi connectivity index (χ0v) is 23.4. The van der Waals surface area contributed by atoms with Crippen LogP contribution in [-0.2, 0) is 0 Å². The number of hydrogen-bond acceptors (Lipinski definition) is 3. The van der Waals surface area contributed by atoms with Gasteiger partial charge in [-0.3, -0.25) is 0 Å². The number of halogens is 1. The maximum Gasteiger partial charge on any atom is 0.164 e. The van der Waals surface area contributed by atoms with Crippen LogP contribution in [0.1, 0.15) is 16.7 Å². The minimum atomic E-state index is 0.582. The average Bonchev–Trinajstić information content (AvgIpc) is 2.97. The van der Waals surface area contributed by atoms with Crippen LogP contribution in [0.25, 0.3) is 56.4 Å². The molecule has 0 bridgehead atoms. The molecule has 40 heavy (non-hydrogen) atoms. The van der Waals surface area contributed by atoms with Gasteiger partial charge >= 0.3 is 0 Å². The lowest BCUT2D eigenvalue weighted by molar-refractivity contribution is 1.07. The van der Waals surface area contributed by atoms with E-state index in [0.717, 1.165) is 44.5 Å². The van der Waals surface area contributed by atoms with E-state index in [0.29, 0.717) is 22.5 Å². The van der Waals surface area contributed by atoms with E-state index < -0.39 is 0 Å². The Morgan fingerprint density at radius 2 is 0.800 bits per heavy atom. The second-order valence-electron chi connectivity index (χ2n) is 10.2. The largest absolute Gasteiger partial charge is 0.208 e. The van der Waals surface area contributed by atoms with Crippen molar-refractivity contribution in [2.75, 3.05) is 0 Å². The summed E-state index contributed by atoms with van der Waals surface area (Å²) in [7, 11) is 0. The molecule has 5 aromatic carbocycles. The van der Waals surface area contributed by atoms with Gasteiger partial charge in [-0.25, -0.2) is 15.0 Å². The van der Waals surface area contributed by atoms with Crippen molar-refractivity contribution >= 4 is 11.6 Å². The summed E-state index contributed by atoms with van der Waals surface area (Å²) in [5.41, 5.74) is 10.7. The smallest absolute Gasteiger partial charge is 0.164 e. The molecule has 6 aromatic rings. The highest BCUT2D eigenvalue weighted by Gasteiger charge is 2.15. The zero-order chi connectivity index (χ0) is 27.6. The van der Waals surface area contributed by atoms with E-state index in [1.807, 2.05) is 42.5 Å². The Hall–Kier alpha value is -4.60. The van der Waals surface area contributed by atoms with Crippen molar-refractivity contribution in [1.82, 2.24) is 15.0 Å². The van der Waals surface area contributed by atoms with Gasteiger partial charge in [-0.15, -0.1) is 0 Å². The molecule has 6 rings (SSSR count). The molecule has 4 heteroatoms. The van der Waals surface area contributed by atoms with Crippen molar-refractivity contribution in [1.29, 1.82) is 0 Å². The van der Waals surface area contributed by atoms with E-state index in [9.17, 15) is 0 Å². The second kappa shape index (κ2) is 10.9. The van der Waals surface area contributed by atoms with E-state index in [1.165, 1.54) is 11.1 Å². The summed E-state index contributed by atoms with van der Waals surface area (Å²) in [4.78, 5) is 14.9. The maximum absolute atomic E-state index is 6.64. The summed E-state index contributed by atoms with van der Waals surface area (Å²) in [5, 5.41) is 0.633. The third-order valence-corrected chi connectivity index (χ3v) is 7.15. The van der Waals surface area contributed by atoms with Crippen LogP contribution < -0.4 is 0 Å². The van der Waals surface area contributed by atoms with Gasteiger partial charge in [0.1, 0.15) is 0 Å². The predicted octanol–water partition coefficient (Wildman–Crippen LogP) is 9.79. The third-order valence-electron chi connectivity index (χ3n) is 6.93. The maximum atomic E-state index is 6.64. The summed E-state index contributed by atoms with van der Waals surface area (Å²) < 4.78 is 0. The van der Waals surface area contributed by atoms with Crippen LogP contribution in [-0.4, -0.2) is 15.0 Å². The Bertz CT molecular complexity index is 1700. The molecule has 194 valence electrons. The Labute approximate surface area is 240 Å². The molecule has 0 aliphatic rings. The topological polar surface area (TPSA) is 38.7 Å². The molecule has 0 unspecified atom stereocenters. The van der Waals surface area contributed by atoms with E-state index in [2.05, 4.69) is 93.6 Å². The Morgan fingerprint density at radius 3 is 1.35 bits per heavy atom. The highest BCUT2D eigenvalue weighted by atomic mass is 35.5. The summed E-state index contributed by atoms with van der Waals surface area (Å²) >= 11 is 6.64. The fraction of sp³-hybridized carbons (Fsp3) is 0.0833. The van der Waals surface area contributed by atoms with Crippen LogP contribution in [0.4, 0.5) is 0 Å². The van der Waals surface area contributed by atoms with Crippen LogP contribution in [0.5, 0.6) is 0 Å². The lowest BCUT2D eigenvalue weighted by Gasteiger charge is -2.12. The van der Waals surface area contributed by atoms with Crippen molar-refractivity contribution < 1.29 is 0 Å². The molecule has 0 N–H and O–H groups in total. The molecular formula is C36H28ClN3. The molecule has 0 aliphatic carbocycles. The quantitative estimate of drug-likeness (QED) is 0.219. The summed E-state index contributed by atoms with van der Waals surface area (Å²) in [5.74, 6) is 1.83. The number of rotatable bonds is 5. The molecule has 0 aliphatic heterocycles. The zero-order valence-electron chi connectivity index (χ0n) is 22.7. The van der Waals surface area contributed by atoms with E-state index in [-0.39, 0.29) is 0 Å². The molecule has 1 heterocycles. The summed E-state index contributed by atoms with van der Waals surface area (Å²) in [6.45, 7) is 6.29. The van der Waals surface area contributed by atoms with Crippen molar-refractivity contribution in [3.05, 3.63) is 137 Å². The van der Waals surface area contributed by atoms with Gasteiger partial charge in [0.25, 0.3) is 0 Å². The fourth-order valence-electron chi connectivity index (χ4n) is 4.81. The molecule has 0 fully saturated rings. The number of aromatic nitrogens is 3. The Kier molecular flexibility index (Phi) is 6.98. The lowest BCUT2D eigenvalue weighted by atomic mass is 9.99. The third kappa shape index (κ3) is 5.56. The minimum Gasteiger partial charge on any atom is -0.208 e. The van der Waals surface area contributed by atoms with E-state index in [1.54, 1.807) is 0 Å². The van der Waals surface area contributed by atoms with Crippen LogP contribution >= 0.6 is 11.6 Å². The standard InChI is InChI=1S/C36H28ClN3/c1-23-9-13-26(14-10-23)29-17-25(3)18-31(19-29)35-38-34(28-7-5-4-6-8-28)39-36(40-35)32-20-30(21-33(37)22-32)27-15-11-24(2)12-16-27/h4-22H,1-3H3. The number of benzene rings is 5. The van der Waals surface area contributed by atoms with Crippen LogP contribution in [0.2, 0.25) is 5.02 Å². The van der Waals surface area contributed by atoms with Crippen molar-refractivity contribution in [3.63, 3.8) is 0 Å². The van der Waals surface area contributed by atoms with Crippen LogP contribution in [0.3, 0.4) is 0 Å². The highest BCUT2D eigenvalue weighted by Crippen LogP contribution is 2.32. The molecule has 0 radical (unpaired) electrons. The highest BCUT2D eigenvalue weighted by molar-refractivity contribution is 6.31. The Morgan fingerprint density at radius 1 is 0.375 bits per heavy atom. The first-order valence-electron chi connectivity index (χ1n) is 13.3. The molecule has 0 saturated heterocycles. The SMILES string of the molecule is Cc1ccc(-c2cc(C)cc(-c3nc(-c4ccccc4)nc(-c4cc(Cl)cc(-c5ccc(C)cc5)c4)n3)c2)cc1. The average molecular weight is 538 g/mol. The van der Waals surface area contributed by atoms with Gasteiger partial charge in [-0.2, -0.15) is 0 Å². The van der Waals surface area contributed by atoms with E-state index >= 15 is 0 Å². The summed E-state index contributed by atoms with van der Waals surface area (Å²) in [6.07, 6.45) is 0. The minimum absolute atomic E-state index is 0.582. The monoisotopic (exact) mass is 537 g/mol. The molecule has 0 saturated carbocycles. The first-order valence-corrected chi connectivity index (χ1v) is 13.7. The number of nitrogens with zero attached hydrogens (tertiary/aromatic N) is 3. The molecule has 3 nitrogen and oxygen atoms in total. The normalized spacial score (nSPS) is 11.0. The van der Waals surface area contributed by atoms with Crippen LogP contribution in [0, 0.1) is 20.8 Å². The Balaban J connectivity index is 1.52. The van der Waals surface area contributed by atoms with Gasteiger partial charge in [-0.1, -0.05) is 108 Å².